The molecule has 0 aliphatic carbocycles. The summed E-state index contributed by atoms with van der Waals surface area (Å²) in [5, 5.41) is 2.75. The summed E-state index contributed by atoms with van der Waals surface area (Å²) in [6.07, 6.45) is 0. The van der Waals surface area contributed by atoms with Gasteiger partial charge in [0.05, 0.1) is 12.1 Å². The second-order valence-corrected chi connectivity index (χ2v) is 3.47. The molecule has 3 N–H and O–H groups in total. The Morgan fingerprint density at radius 1 is 1.50 bits per heavy atom. The van der Waals surface area contributed by atoms with Crippen LogP contribution in [0, 0.1) is 6.92 Å². The first kappa shape index (κ1) is 10.8. The molecule has 4 nitrogen and oxygen atoms in total. The van der Waals surface area contributed by atoms with Crippen molar-refractivity contribution in [1.82, 2.24) is 5.32 Å². The molecule has 1 heterocycles. The fraction of sp³-hybridized carbons (Fsp3) is 0.500. The van der Waals surface area contributed by atoms with E-state index in [-0.39, 0.29) is 11.9 Å². The predicted molar refractivity (Wildman–Crippen MR) is 53.7 cm³/mol. The first-order chi connectivity index (χ1) is 6.50. The van der Waals surface area contributed by atoms with Gasteiger partial charge >= 0.3 is 0 Å². The number of carbonyl (C=O) groups is 1. The number of aryl methyl sites for hydroxylation is 1. The largest absolute Gasteiger partial charge is 0.464 e. The van der Waals surface area contributed by atoms with Gasteiger partial charge in [0, 0.05) is 0 Å². The van der Waals surface area contributed by atoms with Crippen LogP contribution in [0.25, 0.3) is 0 Å². The number of furan rings is 1. The lowest BCUT2D eigenvalue weighted by molar-refractivity contribution is -0.122. The average Bonchev–Trinajstić information content (AvgIpc) is 2.51. The van der Waals surface area contributed by atoms with Crippen molar-refractivity contribution in [2.24, 2.45) is 5.73 Å². The number of hydrogen-bond acceptors (Lipinski definition) is 3. The van der Waals surface area contributed by atoms with Gasteiger partial charge in [-0.2, -0.15) is 0 Å². The van der Waals surface area contributed by atoms with Crippen molar-refractivity contribution in [3.05, 3.63) is 23.7 Å². The molecule has 0 fully saturated rings. The highest BCUT2D eigenvalue weighted by atomic mass is 16.3. The molecule has 4 heteroatoms. The Hall–Kier alpha value is -1.29. The summed E-state index contributed by atoms with van der Waals surface area (Å²) in [7, 11) is 0. The molecule has 2 unspecified atom stereocenters. The highest BCUT2D eigenvalue weighted by Crippen LogP contribution is 2.15. The van der Waals surface area contributed by atoms with Crippen LogP contribution < -0.4 is 11.1 Å². The molecule has 1 aromatic heterocycles. The fourth-order valence-electron chi connectivity index (χ4n) is 1.10. The molecular weight excluding hydrogens is 180 g/mol. The van der Waals surface area contributed by atoms with Crippen molar-refractivity contribution >= 4 is 5.91 Å². The first-order valence-corrected chi connectivity index (χ1v) is 4.63. The van der Waals surface area contributed by atoms with Gasteiger partial charge < -0.3 is 15.5 Å². The summed E-state index contributed by atoms with van der Waals surface area (Å²) in [5.74, 6) is 1.41. The zero-order valence-corrected chi connectivity index (χ0v) is 8.70. The third kappa shape index (κ3) is 2.60. The van der Waals surface area contributed by atoms with Gasteiger partial charge in [-0.05, 0) is 32.9 Å². The Bertz CT molecular complexity index is 318. The Labute approximate surface area is 83.5 Å². The highest BCUT2D eigenvalue weighted by Gasteiger charge is 2.14. The van der Waals surface area contributed by atoms with E-state index in [9.17, 15) is 4.79 Å². The summed E-state index contributed by atoms with van der Waals surface area (Å²) >= 11 is 0. The normalized spacial score (nSPS) is 14.9. The maximum absolute atomic E-state index is 11.3. The molecule has 78 valence electrons. The summed E-state index contributed by atoms with van der Waals surface area (Å²) < 4.78 is 5.37. The molecule has 0 bridgehead atoms. The molecule has 0 saturated carbocycles. The van der Waals surface area contributed by atoms with Gasteiger partial charge in [0.15, 0.2) is 0 Å². The van der Waals surface area contributed by atoms with Crippen LogP contribution in [0.4, 0.5) is 0 Å². The molecule has 0 spiro atoms. The smallest absolute Gasteiger partial charge is 0.237 e. The van der Waals surface area contributed by atoms with Crippen LogP contribution in [0.5, 0.6) is 0 Å². The molecule has 1 rings (SSSR count). The van der Waals surface area contributed by atoms with E-state index in [0.717, 1.165) is 11.5 Å². The van der Waals surface area contributed by atoms with Crippen LogP contribution >= 0.6 is 0 Å². The van der Waals surface area contributed by atoms with E-state index in [1.54, 1.807) is 6.92 Å². The third-order valence-corrected chi connectivity index (χ3v) is 1.96. The van der Waals surface area contributed by atoms with E-state index < -0.39 is 6.04 Å². The Morgan fingerprint density at radius 3 is 2.57 bits per heavy atom. The topological polar surface area (TPSA) is 68.3 Å². The average molecular weight is 196 g/mol. The highest BCUT2D eigenvalue weighted by molar-refractivity contribution is 5.81. The molecule has 14 heavy (non-hydrogen) atoms. The van der Waals surface area contributed by atoms with E-state index >= 15 is 0 Å². The van der Waals surface area contributed by atoms with Gasteiger partial charge in [-0.15, -0.1) is 0 Å². The van der Waals surface area contributed by atoms with Crippen LogP contribution in [0.1, 0.15) is 31.4 Å². The molecule has 0 saturated heterocycles. The lowest BCUT2D eigenvalue weighted by Gasteiger charge is -2.13. The van der Waals surface area contributed by atoms with Crippen LogP contribution in [0.2, 0.25) is 0 Å². The van der Waals surface area contributed by atoms with E-state index in [2.05, 4.69) is 5.32 Å². The lowest BCUT2D eigenvalue weighted by atomic mass is 10.2. The Kier molecular flexibility index (Phi) is 3.30. The number of nitrogens with two attached hydrogens (primary N) is 1. The summed E-state index contributed by atoms with van der Waals surface area (Å²) in [6.45, 7) is 5.37. The zero-order chi connectivity index (χ0) is 10.7. The minimum atomic E-state index is -0.492. The van der Waals surface area contributed by atoms with E-state index in [0.29, 0.717) is 0 Å². The first-order valence-electron chi connectivity index (χ1n) is 4.63. The maximum atomic E-state index is 11.3. The molecule has 1 aromatic rings. The van der Waals surface area contributed by atoms with E-state index in [1.165, 1.54) is 0 Å². The van der Waals surface area contributed by atoms with Crippen molar-refractivity contribution in [2.45, 2.75) is 32.9 Å². The predicted octanol–water partition coefficient (Wildman–Crippen LogP) is 1.11. The number of amides is 1. The minimum Gasteiger partial charge on any atom is -0.464 e. The monoisotopic (exact) mass is 196 g/mol. The molecule has 1 amide bonds. The number of hydrogen-bond donors (Lipinski definition) is 2. The van der Waals surface area contributed by atoms with Crippen molar-refractivity contribution in [2.75, 3.05) is 0 Å². The van der Waals surface area contributed by atoms with Gasteiger partial charge in [-0.3, -0.25) is 4.79 Å². The third-order valence-electron chi connectivity index (χ3n) is 1.96. The molecule has 0 aliphatic heterocycles. The van der Waals surface area contributed by atoms with Gasteiger partial charge in [0.1, 0.15) is 11.5 Å². The Balaban J connectivity index is 2.59. The van der Waals surface area contributed by atoms with Crippen molar-refractivity contribution in [1.29, 1.82) is 0 Å². The lowest BCUT2D eigenvalue weighted by Crippen LogP contribution is -2.39. The number of carbonyl (C=O) groups excluding carboxylic acids is 1. The van der Waals surface area contributed by atoms with Crippen molar-refractivity contribution in [3.8, 4) is 0 Å². The summed E-state index contributed by atoms with van der Waals surface area (Å²) in [5.41, 5.74) is 5.42. The molecule has 0 aromatic carbocycles. The SMILES string of the molecule is Cc1ccc(C(C)NC(=O)C(C)N)o1. The van der Waals surface area contributed by atoms with Crippen LogP contribution in [-0.2, 0) is 4.79 Å². The maximum Gasteiger partial charge on any atom is 0.237 e. The van der Waals surface area contributed by atoms with Gasteiger partial charge in [-0.25, -0.2) is 0 Å². The molecule has 2 atom stereocenters. The van der Waals surface area contributed by atoms with Crippen LogP contribution in [-0.4, -0.2) is 11.9 Å². The second kappa shape index (κ2) is 4.28. The summed E-state index contributed by atoms with van der Waals surface area (Å²) in [6, 6.07) is 3.08. The number of rotatable bonds is 3. The Morgan fingerprint density at radius 2 is 2.14 bits per heavy atom. The van der Waals surface area contributed by atoms with Crippen LogP contribution in [0.15, 0.2) is 16.5 Å². The standard InChI is InChI=1S/C10H16N2O2/c1-6-4-5-9(14-6)8(3)12-10(13)7(2)11/h4-5,7-8H,11H2,1-3H3,(H,12,13). The zero-order valence-electron chi connectivity index (χ0n) is 8.70. The van der Waals surface area contributed by atoms with E-state index in [4.69, 9.17) is 10.2 Å². The summed E-state index contributed by atoms with van der Waals surface area (Å²) in [4.78, 5) is 11.3. The van der Waals surface area contributed by atoms with Crippen molar-refractivity contribution < 1.29 is 9.21 Å². The molecular formula is C10H16N2O2. The number of nitrogens with one attached hydrogen (secondary N) is 1. The van der Waals surface area contributed by atoms with Crippen molar-refractivity contribution in [3.63, 3.8) is 0 Å². The van der Waals surface area contributed by atoms with Gasteiger partial charge in [0.2, 0.25) is 5.91 Å². The molecule has 0 radical (unpaired) electrons. The quantitative estimate of drug-likeness (QED) is 0.761. The minimum absolute atomic E-state index is 0.137. The second-order valence-electron chi connectivity index (χ2n) is 3.47. The van der Waals surface area contributed by atoms with Gasteiger partial charge in [0.25, 0.3) is 0 Å². The van der Waals surface area contributed by atoms with Crippen LogP contribution in [0.3, 0.4) is 0 Å². The van der Waals surface area contributed by atoms with E-state index in [1.807, 2.05) is 26.0 Å². The fourth-order valence-corrected chi connectivity index (χ4v) is 1.10. The van der Waals surface area contributed by atoms with Gasteiger partial charge in [-0.1, -0.05) is 0 Å². The molecule has 0 aliphatic rings.